The van der Waals surface area contributed by atoms with E-state index in [0.717, 1.165) is 37.9 Å². The predicted molar refractivity (Wildman–Crippen MR) is 52.4 cm³/mol. The standard InChI is InChI=1S/C10H16N2O2/c13-7-8-2-1-4-11-10(8)12-5-3-9(14)6-12/h9-11,14H,1-6H2. The molecule has 2 atom stereocenters. The van der Waals surface area contributed by atoms with Gasteiger partial charge < -0.3 is 5.11 Å². The zero-order chi connectivity index (χ0) is 9.97. The fraction of sp³-hybridized carbons (Fsp3) is 0.800. The summed E-state index contributed by atoms with van der Waals surface area (Å²) in [6.45, 7) is 2.48. The molecule has 2 aliphatic rings. The molecule has 0 amide bonds. The minimum atomic E-state index is -0.230. The summed E-state index contributed by atoms with van der Waals surface area (Å²) in [5.41, 5.74) is 0.811. The molecule has 2 unspecified atom stereocenters. The summed E-state index contributed by atoms with van der Waals surface area (Å²) in [6, 6.07) is 0. The Bertz CT molecular complexity index is 261. The van der Waals surface area contributed by atoms with Gasteiger partial charge in [0.1, 0.15) is 5.94 Å². The molecular weight excluding hydrogens is 180 g/mol. The normalized spacial score (nSPS) is 34.5. The molecule has 0 aromatic rings. The first-order chi connectivity index (χ1) is 6.81. The molecule has 0 aromatic carbocycles. The lowest BCUT2D eigenvalue weighted by molar-refractivity contribution is 0.152. The molecule has 2 N–H and O–H groups in total. The molecule has 14 heavy (non-hydrogen) atoms. The summed E-state index contributed by atoms with van der Waals surface area (Å²) in [6.07, 6.45) is 2.46. The van der Waals surface area contributed by atoms with Gasteiger partial charge >= 0.3 is 0 Å². The van der Waals surface area contributed by atoms with Crippen molar-refractivity contribution < 1.29 is 9.90 Å². The summed E-state index contributed by atoms with van der Waals surface area (Å²) in [5, 5.41) is 12.7. The monoisotopic (exact) mass is 196 g/mol. The van der Waals surface area contributed by atoms with Gasteiger partial charge in [-0.25, -0.2) is 4.79 Å². The van der Waals surface area contributed by atoms with Crippen molar-refractivity contribution in [3.05, 3.63) is 5.57 Å². The van der Waals surface area contributed by atoms with Crippen molar-refractivity contribution in [3.63, 3.8) is 0 Å². The van der Waals surface area contributed by atoms with Crippen molar-refractivity contribution in [1.29, 1.82) is 0 Å². The van der Waals surface area contributed by atoms with Crippen LogP contribution in [0.25, 0.3) is 0 Å². The first kappa shape index (κ1) is 9.87. The summed E-state index contributed by atoms with van der Waals surface area (Å²) < 4.78 is 0. The van der Waals surface area contributed by atoms with Crippen molar-refractivity contribution in [2.75, 3.05) is 19.6 Å². The predicted octanol–water partition coefficient (Wildman–Crippen LogP) is -0.480. The molecule has 2 rings (SSSR count). The van der Waals surface area contributed by atoms with Gasteiger partial charge in [0.25, 0.3) is 0 Å². The van der Waals surface area contributed by atoms with Crippen LogP contribution in [0, 0.1) is 0 Å². The molecular formula is C10H16N2O2. The minimum absolute atomic E-state index is 0.0263. The Morgan fingerprint density at radius 1 is 1.57 bits per heavy atom. The van der Waals surface area contributed by atoms with Gasteiger partial charge in [0.2, 0.25) is 0 Å². The molecule has 2 saturated heterocycles. The van der Waals surface area contributed by atoms with E-state index in [2.05, 4.69) is 10.2 Å². The minimum Gasteiger partial charge on any atom is -0.392 e. The Hall–Kier alpha value is -0.670. The number of β-amino-alcohol motifs (C(OH)–C–C–N with tert-alkyl or cyclic N) is 1. The smallest absolute Gasteiger partial charge is 0.126 e. The molecule has 0 spiro atoms. The summed E-state index contributed by atoms with van der Waals surface area (Å²) in [4.78, 5) is 12.8. The van der Waals surface area contributed by atoms with E-state index in [1.165, 1.54) is 0 Å². The van der Waals surface area contributed by atoms with Crippen LogP contribution < -0.4 is 5.32 Å². The van der Waals surface area contributed by atoms with E-state index in [1.807, 2.05) is 5.94 Å². The van der Waals surface area contributed by atoms with E-state index in [4.69, 9.17) is 0 Å². The fourth-order valence-corrected chi connectivity index (χ4v) is 2.24. The van der Waals surface area contributed by atoms with Gasteiger partial charge in [-0.3, -0.25) is 10.2 Å². The number of likely N-dealkylation sites (tertiary alicyclic amines) is 1. The molecule has 0 radical (unpaired) electrons. The van der Waals surface area contributed by atoms with Crippen LogP contribution >= 0.6 is 0 Å². The Kier molecular flexibility index (Phi) is 2.99. The summed E-state index contributed by atoms with van der Waals surface area (Å²) in [7, 11) is 0. The van der Waals surface area contributed by atoms with Crippen LogP contribution in [-0.4, -0.2) is 47.9 Å². The van der Waals surface area contributed by atoms with Crippen molar-refractivity contribution in [2.24, 2.45) is 0 Å². The second kappa shape index (κ2) is 4.24. The van der Waals surface area contributed by atoms with Gasteiger partial charge in [-0.1, -0.05) is 0 Å². The maximum absolute atomic E-state index is 10.7. The lowest BCUT2D eigenvalue weighted by Gasteiger charge is -2.32. The van der Waals surface area contributed by atoms with Gasteiger partial charge in [-0.15, -0.1) is 0 Å². The molecule has 2 fully saturated rings. The number of hydrogen-bond donors (Lipinski definition) is 2. The number of nitrogens with one attached hydrogen (secondary N) is 1. The molecule has 78 valence electrons. The number of nitrogens with zero attached hydrogens (tertiary/aromatic N) is 1. The Morgan fingerprint density at radius 2 is 2.43 bits per heavy atom. The third-order valence-electron chi connectivity index (χ3n) is 2.98. The molecule has 4 heteroatoms. The number of aliphatic hydroxyl groups is 1. The van der Waals surface area contributed by atoms with Crippen LogP contribution in [0.3, 0.4) is 0 Å². The Morgan fingerprint density at radius 3 is 3.07 bits per heavy atom. The van der Waals surface area contributed by atoms with Gasteiger partial charge in [0.05, 0.1) is 12.3 Å². The van der Waals surface area contributed by atoms with Gasteiger partial charge in [0.15, 0.2) is 0 Å². The molecule has 2 heterocycles. The van der Waals surface area contributed by atoms with Gasteiger partial charge in [-0.05, 0) is 25.8 Å². The highest BCUT2D eigenvalue weighted by Crippen LogP contribution is 2.20. The lowest BCUT2D eigenvalue weighted by Crippen LogP contribution is -2.49. The topological polar surface area (TPSA) is 52.6 Å². The summed E-state index contributed by atoms with van der Waals surface area (Å²) in [5.74, 6) is 2.03. The van der Waals surface area contributed by atoms with E-state index in [0.29, 0.717) is 6.54 Å². The van der Waals surface area contributed by atoms with E-state index in [-0.39, 0.29) is 12.3 Å². The third kappa shape index (κ3) is 1.88. The van der Waals surface area contributed by atoms with Crippen LogP contribution in [0.15, 0.2) is 5.57 Å². The van der Waals surface area contributed by atoms with E-state index in [1.54, 1.807) is 0 Å². The number of aliphatic hydroxyl groups excluding tert-OH is 1. The van der Waals surface area contributed by atoms with Crippen LogP contribution in [-0.2, 0) is 4.79 Å². The second-order valence-corrected chi connectivity index (χ2v) is 4.02. The lowest BCUT2D eigenvalue weighted by atomic mass is 10.0. The number of rotatable bonds is 1. The van der Waals surface area contributed by atoms with Crippen molar-refractivity contribution in [3.8, 4) is 0 Å². The van der Waals surface area contributed by atoms with E-state index >= 15 is 0 Å². The highest BCUT2D eigenvalue weighted by molar-refractivity contribution is 5.54. The van der Waals surface area contributed by atoms with Crippen LogP contribution in [0.4, 0.5) is 0 Å². The SMILES string of the molecule is O=C=C1CCCNC1N1CCC(O)C1. The van der Waals surface area contributed by atoms with E-state index < -0.39 is 0 Å². The first-order valence-corrected chi connectivity index (χ1v) is 5.20. The number of carbonyl (C=O) groups excluding carboxylic acids is 1. The van der Waals surface area contributed by atoms with Gasteiger partial charge in [-0.2, -0.15) is 0 Å². The second-order valence-electron chi connectivity index (χ2n) is 4.02. The summed E-state index contributed by atoms with van der Waals surface area (Å²) >= 11 is 0. The van der Waals surface area contributed by atoms with Crippen molar-refractivity contribution in [1.82, 2.24) is 10.2 Å². The van der Waals surface area contributed by atoms with Crippen LogP contribution in [0.1, 0.15) is 19.3 Å². The molecule has 2 aliphatic heterocycles. The average Bonchev–Trinajstić information content (AvgIpc) is 2.65. The third-order valence-corrected chi connectivity index (χ3v) is 2.98. The molecule has 0 aliphatic carbocycles. The molecule has 0 aromatic heterocycles. The zero-order valence-electron chi connectivity index (χ0n) is 8.20. The quantitative estimate of drug-likeness (QED) is 0.556. The van der Waals surface area contributed by atoms with E-state index in [9.17, 15) is 9.90 Å². The highest BCUT2D eigenvalue weighted by atomic mass is 16.3. The molecule has 0 saturated carbocycles. The first-order valence-electron chi connectivity index (χ1n) is 5.20. The van der Waals surface area contributed by atoms with Gasteiger partial charge in [0, 0.05) is 18.7 Å². The maximum Gasteiger partial charge on any atom is 0.126 e. The van der Waals surface area contributed by atoms with Crippen LogP contribution in [0.5, 0.6) is 0 Å². The van der Waals surface area contributed by atoms with Crippen molar-refractivity contribution in [2.45, 2.75) is 31.5 Å². The Balaban J connectivity index is 2.04. The maximum atomic E-state index is 10.7. The number of hydrogen-bond acceptors (Lipinski definition) is 4. The zero-order valence-corrected chi connectivity index (χ0v) is 8.20. The Labute approximate surface area is 83.6 Å². The largest absolute Gasteiger partial charge is 0.392 e. The van der Waals surface area contributed by atoms with Crippen molar-refractivity contribution >= 4 is 5.94 Å². The number of piperidine rings is 1. The van der Waals surface area contributed by atoms with Crippen LogP contribution in [0.2, 0.25) is 0 Å². The fourth-order valence-electron chi connectivity index (χ4n) is 2.24. The molecule has 4 nitrogen and oxygen atoms in total. The molecule has 0 bridgehead atoms. The average molecular weight is 196 g/mol. The highest BCUT2D eigenvalue weighted by Gasteiger charge is 2.30.